The molecule has 3 N–H and O–H groups in total. The summed E-state index contributed by atoms with van der Waals surface area (Å²) in [6.07, 6.45) is 0. The Morgan fingerprint density at radius 1 is 1.50 bits per heavy atom. The molecule has 14 heavy (non-hydrogen) atoms. The maximum Gasteiger partial charge on any atom is 0.310 e. The third-order valence-electron chi connectivity index (χ3n) is 1.61. The number of aromatic hydroxyl groups is 1. The van der Waals surface area contributed by atoms with E-state index in [-0.39, 0.29) is 12.3 Å². The molecular formula is C8H10N2O4. The van der Waals surface area contributed by atoms with Crippen LogP contribution in [-0.2, 0) is 0 Å². The lowest BCUT2D eigenvalue weighted by Gasteiger charge is -2.04. The van der Waals surface area contributed by atoms with E-state index in [1.807, 2.05) is 0 Å². The van der Waals surface area contributed by atoms with Crippen LogP contribution in [0.2, 0.25) is 0 Å². The second kappa shape index (κ2) is 4.43. The average molecular weight is 198 g/mol. The summed E-state index contributed by atoms with van der Waals surface area (Å²) in [6.45, 7) is 0.287. The SMILES string of the molecule is O=[N+]([O-])c1ccc(NCCO)cc1O. The van der Waals surface area contributed by atoms with Crippen molar-refractivity contribution in [2.24, 2.45) is 0 Å². The van der Waals surface area contributed by atoms with E-state index in [1.165, 1.54) is 18.2 Å². The van der Waals surface area contributed by atoms with Crippen molar-refractivity contribution >= 4 is 11.4 Å². The van der Waals surface area contributed by atoms with Gasteiger partial charge in [0.05, 0.1) is 11.5 Å². The van der Waals surface area contributed by atoms with Gasteiger partial charge in [-0.2, -0.15) is 0 Å². The number of phenolic OH excluding ortho intramolecular Hbond substituents is 1. The van der Waals surface area contributed by atoms with Gasteiger partial charge in [0.2, 0.25) is 0 Å². The molecule has 0 aliphatic heterocycles. The Morgan fingerprint density at radius 2 is 2.21 bits per heavy atom. The Kier molecular flexibility index (Phi) is 3.24. The van der Waals surface area contributed by atoms with Crippen molar-refractivity contribution in [1.82, 2.24) is 0 Å². The number of nitro groups is 1. The standard InChI is InChI=1S/C8H10N2O4/c11-4-3-9-6-1-2-7(10(13)14)8(12)5-6/h1-2,5,9,11-12H,3-4H2. The Hall–Kier alpha value is -1.82. The van der Waals surface area contributed by atoms with Gasteiger partial charge in [0.25, 0.3) is 0 Å². The van der Waals surface area contributed by atoms with Crippen LogP contribution in [0.4, 0.5) is 11.4 Å². The van der Waals surface area contributed by atoms with Gasteiger partial charge >= 0.3 is 5.69 Å². The quantitative estimate of drug-likeness (QED) is 0.489. The molecule has 76 valence electrons. The Morgan fingerprint density at radius 3 is 2.71 bits per heavy atom. The molecule has 0 aromatic heterocycles. The summed E-state index contributed by atoms with van der Waals surface area (Å²) in [5.74, 6) is -0.391. The van der Waals surface area contributed by atoms with Crippen LogP contribution in [0.25, 0.3) is 0 Å². The number of nitrogens with one attached hydrogen (secondary N) is 1. The highest BCUT2D eigenvalue weighted by molar-refractivity contribution is 5.57. The maximum absolute atomic E-state index is 10.3. The summed E-state index contributed by atoms with van der Waals surface area (Å²) in [6, 6.07) is 3.91. The molecule has 0 spiro atoms. The van der Waals surface area contributed by atoms with Crippen LogP contribution in [0, 0.1) is 10.1 Å². The van der Waals surface area contributed by atoms with E-state index >= 15 is 0 Å². The van der Waals surface area contributed by atoms with Gasteiger partial charge in [0.15, 0.2) is 5.75 Å². The fraction of sp³-hybridized carbons (Fsp3) is 0.250. The smallest absolute Gasteiger partial charge is 0.310 e. The third kappa shape index (κ3) is 2.33. The highest BCUT2D eigenvalue weighted by Gasteiger charge is 2.12. The molecule has 0 aliphatic rings. The molecule has 0 aliphatic carbocycles. The summed E-state index contributed by atoms with van der Waals surface area (Å²) < 4.78 is 0. The second-order valence-electron chi connectivity index (χ2n) is 2.61. The topological polar surface area (TPSA) is 95.6 Å². The van der Waals surface area contributed by atoms with Crippen molar-refractivity contribution in [3.8, 4) is 5.75 Å². The van der Waals surface area contributed by atoms with Crippen LogP contribution >= 0.6 is 0 Å². The maximum atomic E-state index is 10.3. The summed E-state index contributed by atoms with van der Waals surface area (Å²) in [5, 5.41) is 30.8. The van der Waals surface area contributed by atoms with Crippen LogP contribution < -0.4 is 5.32 Å². The molecule has 0 saturated heterocycles. The number of aliphatic hydroxyl groups is 1. The minimum absolute atomic E-state index is 0.0439. The number of nitrogens with zero attached hydrogens (tertiary/aromatic N) is 1. The number of rotatable bonds is 4. The average Bonchev–Trinajstić information content (AvgIpc) is 2.14. The molecule has 0 fully saturated rings. The van der Waals surface area contributed by atoms with E-state index < -0.39 is 10.7 Å². The van der Waals surface area contributed by atoms with Gasteiger partial charge in [-0.3, -0.25) is 10.1 Å². The molecule has 1 aromatic carbocycles. The van der Waals surface area contributed by atoms with Crippen LogP contribution in [0.1, 0.15) is 0 Å². The monoisotopic (exact) mass is 198 g/mol. The first-order chi connectivity index (χ1) is 6.65. The normalized spacial score (nSPS) is 9.79. The van der Waals surface area contributed by atoms with Gasteiger partial charge in [-0.15, -0.1) is 0 Å². The minimum atomic E-state index is -0.662. The van der Waals surface area contributed by atoms with Crippen molar-refractivity contribution in [1.29, 1.82) is 0 Å². The summed E-state index contributed by atoms with van der Waals surface area (Å²) in [4.78, 5) is 9.67. The van der Waals surface area contributed by atoms with Gasteiger partial charge < -0.3 is 15.5 Å². The van der Waals surface area contributed by atoms with Crippen molar-refractivity contribution in [3.05, 3.63) is 28.3 Å². The van der Waals surface area contributed by atoms with Crippen molar-refractivity contribution in [2.45, 2.75) is 0 Å². The molecule has 6 nitrogen and oxygen atoms in total. The molecule has 0 saturated carbocycles. The Balaban J connectivity index is 2.83. The predicted molar refractivity (Wildman–Crippen MR) is 50.3 cm³/mol. The molecule has 0 amide bonds. The van der Waals surface area contributed by atoms with Gasteiger partial charge in [-0.1, -0.05) is 0 Å². The van der Waals surface area contributed by atoms with E-state index in [4.69, 9.17) is 5.11 Å². The van der Waals surface area contributed by atoms with E-state index in [0.29, 0.717) is 12.2 Å². The fourth-order valence-electron chi connectivity index (χ4n) is 0.988. The van der Waals surface area contributed by atoms with Gasteiger partial charge in [-0.05, 0) is 6.07 Å². The van der Waals surface area contributed by atoms with Crippen LogP contribution in [0.3, 0.4) is 0 Å². The van der Waals surface area contributed by atoms with E-state index in [1.54, 1.807) is 0 Å². The van der Waals surface area contributed by atoms with Gasteiger partial charge in [0, 0.05) is 24.4 Å². The van der Waals surface area contributed by atoms with Crippen molar-refractivity contribution < 1.29 is 15.1 Å². The lowest BCUT2D eigenvalue weighted by Crippen LogP contribution is -2.05. The number of phenols is 1. The Labute approximate surface area is 80.0 Å². The molecule has 1 rings (SSSR count). The number of hydrogen-bond donors (Lipinski definition) is 3. The number of nitro benzene ring substituents is 1. The molecule has 0 bridgehead atoms. The lowest BCUT2D eigenvalue weighted by atomic mass is 10.2. The highest BCUT2D eigenvalue weighted by Crippen LogP contribution is 2.28. The largest absolute Gasteiger partial charge is 0.502 e. The number of anilines is 1. The minimum Gasteiger partial charge on any atom is -0.502 e. The van der Waals surface area contributed by atoms with Crippen LogP contribution in [0.5, 0.6) is 5.75 Å². The number of benzene rings is 1. The van der Waals surface area contributed by atoms with Crippen LogP contribution in [-0.4, -0.2) is 28.3 Å². The number of aliphatic hydroxyl groups excluding tert-OH is 1. The first-order valence-electron chi connectivity index (χ1n) is 3.97. The third-order valence-corrected chi connectivity index (χ3v) is 1.61. The number of hydrogen-bond acceptors (Lipinski definition) is 5. The summed E-state index contributed by atoms with van der Waals surface area (Å²) in [5.41, 5.74) is 0.196. The molecule has 6 heteroatoms. The van der Waals surface area contributed by atoms with Crippen molar-refractivity contribution in [2.75, 3.05) is 18.5 Å². The predicted octanol–water partition coefficient (Wildman–Crippen LogP) is 0.705. The second-order valence-corrected chi connectivity index (χ2v) is 2.61. The van der Waals surface area contributed by atoms with Gasteiger partial charge in [-0.25, -0.2) is 0 Å². The molecule has 0 radical (unpaired) electrons. The zero-order valence-electron chi connectivity index (χ0n) is 7.30. The molecule has 0 heterocycles. The first kappa shape index (κ1) is 10.3. The first-order valence-corrected chi connectivity index (χ1v) is 3.97. The molecule has 0 atom stereocenters. The molecular weight excluding hydrogens is 188 g/mol. The van der Waals surface area contributed by atoms with Crippen molar-refractivity contribution in [3.63, 3.8) is 0 Å². The molecule has 1 aromatic rings. The molecule has 0 unspecified atom stereocenters. The zero-order chi connectivity index (χ0) is 10.6. The van der Waals surface area contributed by atoms with E-state index in [9.17, 15) is 15.2 Å². The van der Waals surface area contributed by atoms with Gasteiger partial charge in [0.1, 0.15) is 0 Å². The summed E-state index contributed by atoms with van der Waals surface area (Å²) >= 11 is 0. The Bertz CT molecular complexity index is 340. The van der Waals surface area contributed by atoms with Crippen LogP contribution in [0.15, 0.2) is 18.2 Å². The van der Waals surface area contributed by atoms with E-state index in [2.05, 4.69) is 5.32 Å². The lowest BCUT2D eigenvalue weighted by molar-refractivity contribution is -0.385. The fourth-order valence-corrected chi connectivity index (χ4v) is 0.988. The zero-order valence-corrected chi connectivity index (χ0v) is 7.30. The van der Waals surface area contributed by atoms with E-state index in [0.717, 1.165) is 0 Å². The summed E-state index contributed by atoms with van der Waals surface area (Å²) in [7, 11) is 0. The highest BCUT2D eigenvalue weighted by atomic mass is 16.6.